The maximum atomic E-state index is 12.9. The third-order valence-corrected chi connectivity index (χ3v) is 6.34. The highest BCUT2D eigenvalue weighted by atomic mass is 35.5. The summed E-state index contributed by atoms with van der Waals surface area (Å²) in [5, 5.41) is 3.08. The van der Waals surface area contributed by atoms with Crippen LogP contribution in [0.4, 0.5) is 13.2 Å². The van der Waals surface area contributed by atoms with Crippen molar-refractivity contribution in [3.63, 3.8) is 0 Å². The first kappa shape index (κ1) is 29.0. The second-order valence-electron chi connectivity index (χ2n) is 7.85. The van der Waals surface area contributed by atoms with E-state index in [0.29, 0.717) is 25.9 Å². The van der Waals surface area contributed by atoms with E-state index in [1.165, 1.54) is 0 Å². The van der Waals surface area contributed by atoms with Gasteiger partial charge in [-0.2, -0.15) is 13.2 Å². The molecule has 1 saturated heterocycles. The molecule has 2 unspecified atom stereocenters. The van der Waals surface area contributed by atoms with Crippen molar-refractivity contribution in [2.75, 3.05) is 26.7 Å². The number of piperidine rings is 1. The summed E-state index contributed by atoms with van der Waals surface area (Å²) >= 11 is 0. The Balaban J connectivity index is 0.00000420. The standard InChI is InChI=1S/C21H32F3N3O.2ClH/c1-4-20(5-2,14-25)19(28)26-13-16-7-6-12-27(3)18(16)15-8-10-17(11-9-15)21(22,23)24;;/h8-11,16,18H,4-7,12-14,25H2,1-3H3,(H,26,28);2*1H. The normalized spacial score (nSPS) is 20.1. The first-order valence-corrected chi connectivity index (χ1v) is 10.0. The van der Waals surface area contributed by atoms with Gasteiger partial charge >= 0.3 is 6.18 Å². The highest BCUT2D eigenvalue weighted by Crippen LogP contribution is 2.37. The van der Waals surface area contributed by atoms with E-state index in [9.17, 15) is 18.0 Å². The van der Waals surface area contributed by atoms with Gasteiger partial charge in [0.2, 0.25) is 5.91 Å². The molecular weight excluding hydrogens is 438 g/mol. The quantitative estimate of drug-likeness (QED) is 0.599. The minimum absolute atomic E-state index is 0. The molecular formula is C21H34Cl2F3N3O. The van der Waals surface area contributed by atoms with Gasteiger partial charge in [-0.05, 0) is 62.9 Å². The lowest BCUT2D eigenvalue weighted by Gasteiger charge is -2.40. The molecule has 0 bridgehead atoms. The molecule has 1 aromatic rings. The van der Waals surface area contributed by atoms with Crippen LogP contribution in [0.15, 0.2) is 24.3 Å². The predicted octanol–water partition coefficient (Wildman–Crippen LogP) is 4.81. The Bertz CT molecular complexity index is 644. The van der Waals surface area contributed by atoms with Gasteiger partial charge in [-0.1, -0.05) is 26.0 Å². The fourth-order valence-electron chi connectivity index (χ4n) is 4.23. The minimum Gasteiger partial charge on any atom is -0.355 e. The summed E-state index contributed by atoms with van der Waals surface area (Å²) in [6.45, 7) is 5.62. The van der Waals surface area contributed by atoms with E-state index in [1.807, 2.05) is 20.9 Å². The van der Waals surface area contributed by atoms with E-state index in [2.05, 4.69) is 10.2 Å². The summed E-state index contributed by atoms with van der Waals surface area (Å²) in [4.78, 5) is 14.9. The van der Waals surface area contributed by atoms with E-state index in [1.54, 1.807) is 12.1 Å². The number of nitrogens with one attached hydrogen (secondary N) is 1. The molecule has 30 heavy (non-hydrogen) atoms. The number of carbonyl (C=O) groups is 1. The number of amides is 1. The van der Waals surface area contributed by atoms with Crippen LogP contribution in [0, 0.1) is 11.3 Å². The van der Waals surface area contributed by atoms with Crippen LogP contribution in [0.5, 0.6) is 0 Å². The molecule has 1 aromatic carbocycles. The number of hydrogen-bond acceptors (Lipinski definition) is 3. The molecule has 1 fully saturated rings. The minimum atomic E-state index is -4.34. The van der Waals surface area contributed by atoms with Gasteiger partial charge in [0.15, 0.2) is 0 Å². The van der Waals surface area contributed by atoms with Gasteiger partial charge in [0, 0.05) is 19.1 Å². The van der Waals surface area contributed by atoms with Gasteiger partial charge in [-0.3, -0.25) is 9.69 Å². The number of likely N-dealkylation sites (tertiary alicyclic amines) is 1. The van der Waals surface area contributed by atoms with Gasteiger partial charge in [-0.25, -0.2) is 0 Å². The fraction of sp³-hybridized carbons (Fsp3) is 0.667. The lowest BCUT2D eigenvalue weighted by Crippen LogP contribution is -2.48. The second kappa shape index (κ2) is 12.1. The Morgan fingerprint density at radius 3 is 2.20 bits per heavy atom. The van der Waals surface area contributed by atoms with Crippen LogP contribution in [0.3, 0.4) is 0 Å². The van der Waals surface area contributed by atoms with E-state index in [-0.39, 0.29) is 42.7 Å². The Kier molecular flexibility index (Phi) is 11.7. The molecule has 4 nitrogen and oxygen atoms in total. The molecule has 1 aliphatic rings. The number of hydrogen-bond donors (Lipinski definition) is 2. The van der Waals surface area contributed by atoms with E-state index in [4.69, 9.17) is 5.73 Å². The topological polar surface area (TPSA) is 58.4 Å². The molecule has 0 aromatic heterocycles. The van der Waals surface area contributed by atoms with Gasteiger partial charge in [-0.15, -0.1) is 24.8 Å². The van der Waals surface area contributed by atoms with Crippen LogP contribution >= 0.6 is 24.8 Å². The monoisotopic (exact) mass is 471 g/mol. The third-order valence-electron chi connectivity index (χ3n) is 6.34. The summed E-state index contributed by atoms with van der Waals surface area (Å²) < 4.78 is 38.6. The molecule has 0 aliphatic carbocycles. The maximum Gasteiger partial charge on any atom is 0.416 e. The molecule has 0 radical (unpaired) electrons. The van der Waals surface area contributed by atoms with Crippen molar-refractivity contribution in [3.8, 4) is 0 Å². The van der Waals surface area contributed by atoms with Gasteiger partial charge in [0.1, 0.15) is 0 Å². The Morgan fingerprint density at radius 2 is 1.73 bits per heavy atom. The summed E-state index contributed by atoms with van der Waals surface area (Å²) in [7, 11) is 1.98. The van der Waals surface area contributed by atoms with Crippen molar-refractivity contribution in [2.45, 2.75) is 51.7 Å². The summed E-state index contributed by atoms with van der Waals surface area (Å²) in [6.07, 6.45) is -1.06. The largest absolute Gasteiger partial charge is 0.416 e. The van der Waals surface area contributed by atoms with Crippen molar-refractivity contribution in [1.29, 1.82) is 0 Å². The third kappa shape index (κ3) is 6.49. The molecule has 3 N–H and O–H groups in total. The Hall–Kier alpha value is -1.02. The number of alkyl halides is 3. The maximum absolute atomic E-state index is 12.9. The number of nitrogens with two attached hydrogens (primary N) is 1. The molecule has 0 saturated carbocycles. The van der Waals surface area contributed by atoms with Crippen LogP contribution in [-0.2, 0) is 11.0 Å². The van der Waals surface area contributed by atoms with E-state index < -0.39 is 17.2 Å². The van der Waals surface area contributed by atoms with Gasteiger partial charge in [0.25, 0.3) is 0 Å². The highest BCUT2D eigenvalue weighted by Gasteiger charge is 2.36. The van der Waals surface area contributed by atoms with Crippen LogP contribution in [-0.4, -0.2) is 37.5 Å². The predicted molar refractivity (Wildman–Crippen MR) is 119 cm³/mol. The lowest BCUT2D eigenvalue weighted by molar-refractivity contribution is -0.137. The second-order valence-corrected chi connectivity index (χ2v) is 7.85. The molecule has 2 atom stereocenters. The Labute approximate surface area is 190 Å². The summed E-state index contributed by atoms with van der Waals surface area (Å²) in [6, 6.07) is 5.38. The number of nitrogens with zero attached hydrogens (tertiary/aromatic N) is 1. The van der Waals surface area contributed by atoms with Crippen LogP contribution in [0.2, 0.25) is 0 Å². The van der Waals surface area contributed by atoms with Crippen molar-refractivity contribution >= 4 is 30.7 Å². The Morgan fingerprint density at radius 1 is 1.17 bits per heavy atom. The summed E-state index contributed by atoms with van der Waals surface area (Å²) in [5.74, 6) is 0.114. The van der Waals surface area contributed by atoms with Crippen LogP contribution in [0.1, 0.15) is 56.7 Å². The number of benzene rings is 1. The molecule has 174 valence electrons. The number of halogens is 5. The van der Waals surface area contributed by atoms with Crippen molar-refractivity contribution < 1.29 is 18.0 Å². The smallest absolute Gasteiger partial charge is 0.355 e. The number of rotatable bonds is 7. The van der Waals surface area contributed by atoms with Crippen molar-refractivity contribution in [2.24, 2.45) is 17.1 Å². The zero-order chi connectivity index (χ0) is 20.9. The average molecular weight is 472 g/mol. The van der Waals surface area contributed by atoms with Gasteiger partial charge in [0.05, 0.1) is 11.0 Å². The zero-order valence-corrected chi connectivity index (χ0v) is 19.4. The van der Waals surface area contributed by atoms with E-state index >= 15 is 0 Å². The molecule has 1 heterocycles. The van der Waals surface area contributed by atoms with Crippen LogP contribution in [0.25, 0.3) is 0 Å². The number of carbonyl (C=O) groups excluding carboxylic acids is 1. The van der Waals surface area contributed by atoms with Crippen molar-refractivity contribution in [1.82, 2.24) is 10.2 Å². The lowest BCUT2D eigenvalue weighted by atomic mass is 9.80. The van der Waals surface area contributed by atoms with E-state index in [0.717, 1.165) is 37.1 Å². The van der Waals surface area contributed by atoms with Crippen LogP contribution < -0.4 is 11.1 Å². The SMILES string of the molecule is CCC(CC)(CN)C(=O)NCC1CCCN(C)C1c1ccc(C(F)(F)F)cc1.Cl.Cl. The summed E-state index contributed by atoms with van der Waals surface area (Å²) in [5.41, 5.74) is 5.53. The molecule has 0 spiro atoms. The molecule has 1 aliphatic heterocycles. The molecule has 9 heteroatoms. The fourth-order valence-corrected chi connectivity index (χ4v) is 4.23. The van der Waals surface area contributed by atoms with Gasteiger partial charge < -0.3 is 11.1 Å². The zero-order valence-electron chi connectivity index (χ0n) is 17.8. The first-order chi connectivity index (χ1) is 13.2. The molecule has 2 rings (SSSR count). The van der Waals surface area contributed by atoms with Crippen molar-refractivity contribution in [3.05, 3.63) is 35.4 Å². The first-order valence-electron chi connectivity index (χ1n) is 10.0. The molecule has 1 amide bonds. The highest BCUT2D eigenvalue weighted by molar-refractivity contribution is 5.85. The average Bonchev–Trinajstić information content (AvgIpc) is 2.67.